The van der Waals surface area contributed by atoms with Crippen molar-refractivity contribution in [3.63, 3.8) is 0 Å². The lowest BCUT2D eigenvalue weighted by atomic mass is 9.98. The molecule has 2 aromatic carbocycles. The van der Waals surface area contributed by atoms with Gasteiger partial charge in [0.15, 0.2) is 0 Å². The van der Waals surface area contributed by atoms with Gasteiger partial charge in [-0.15, -0.1) is 11.3 Å². The standard InChI is InChI=1S/C21H20ClN3O2S/c22-16-8-2-1-7-15(16)20(27)23-12-19(26)25-11-5-6-14(13-25)21-24-17-9-3-4-10-18(17)28-21/h1-4,7-10,14H,5-6,11-13H2,(H,23,27)/t14-/m0/s1. The average molecular weight is 414 g/mol. The predicted molar refractivity (Wildman–Crippen MR) is 112 cm³/mol. The summed E-state index contributed by atoms with van der Waals surface area (Å²) in [6.07, 6.45) is 1.96. The van der Waals surface area contributed by atoms with E-state index in [1.165, 1.54) is 4.70 Å². The molecule has 0 unspecified atom stereocenters. The highest BCUT2D eigenvalue weighted by Gasteiger charge is 2.27. The van der Waals surface area contributed by atoms with Gasteiger partial charge in [-0.3, -0.25) is 9.59 Å². The largest absolute Gasteiger partial charge is 0.343 e. The minimum Gasteiger partial charge on any atom is -0.343 e. The van der Waals surface area contributed by atoms with E-state index in [0.29, 0.717) is 23.7 Å². The number of nitrogens with zero attached hydrogens (tertiary/aromatic N) is 2. The van der Waals surface area contributed by atoms with Crippen molar-refractivity contribution in [2.24, 2.45) is 0 Å². The zero-order valence-corrected chi connectivity index (χ0v) is 16.8. The van der Waals surface area contributed by atoms with Crippen molar-refractivity contribution in [1.29, 1.82) is 0 Å². The first-order valence-corrected chi connectivity index (χ1v) is 10.5. The third kappa shape index (κ3) is 4.03. The molecule has 1 saturated heterocycles. The van der Waals surface area contributed by atoms with Crippen molar-refractivity contribution in [2.75, 3.05) is 19.6 Å². The lowest BCUT2D eigenvalue weighted by Gasteiger charge is -2.32. The lowest BCUT2D eigenvalue weighted by molar-refractivity contribution is -0.131. The summed E-state index contributed by atoms with van der Waals surface area (Å²) in [5, 5.41) is 4.14. The number of hydrogen-bond donors (Lipinski definition) is 1. The fourth-order valence-corrected chi connectivity index (χ4v) is 4.79. The maximum atomic E-state index is 12.6. The first-order valence-electron chi connectivity index (χ1n) is 9.28. The van der Waals surface area contributed by atoms with Crippen LogP contribution in [0.15, 0.2) is 48.5 Å². The molecule has 1 fully saturated rings. The highest BCUT2D eigenvalue weighted by atomic mass is 35.5. The SMILES string of the molecule is O=C(NCC(=O)N1CCC[C@H](c2nc3ccccc3s2)C1)c1ccccc1Cl. The number of fused-ring (bicyclic) bond motifs is 1. The molecular weight excluding hydrogens is 394 g/mol. The van der Waals surface area contributed by atoms with Crippen LogP contribution < -0.4 is 5.32 Å². The number of rotatable bonds is 4. The molecule has 0 spiro atoms. The van der Waals surface area contributed by atoms with Crippen LogP contribution in [0.5, 0.6) is 0 Å². The van der Waals surface area contributed by atoms with Gasteiger partial charge in [-0.05, 0) is 37.1 Å². The topological polar surface area (TPSA) is 62.3 Å². The third-order valence-corrected chi connectivity index (χ3v) is 6.48. The van der Waals surface area contributed by atoms with Crippen molar-refractivity contribution < 1.29 is 9.59 Å². The Labute approximate surface area is 172 Å². The molecule has 4 rings (SSSR count). The summed E-state index contributed by atoms with van der Waals surface area (Å²) in [6, 6.07) is 14.9. The number of aromatic nitrogens is 1. The zero-order valence-electron chi connectivity index (χ0n) is 15.2. The van der Waals surface area contributed by atoms with E-state index in [-0.39, 0.29) is 24.3 Å². The van der Waals surface area contributed by atoms with Crippen molar-refractivity contribution in [3.8, 4) is 0 Å². The Morgan fingerprint density at radius 3 is 2.79 bits per heavy atom. The molecule has 1 aromatic heterocycles. The average Bonchev–Trinajstić information content (AvgIpc) is 3.16. The number of carbonyl (C=O) groups excluding carboxylic acids is 2. The molecule has 0 bridgehead atoms. The Morgan fingerprint density at radius 2 is 1.96 bits per heavy atom. The van der Waals surface area contributed by atoms with Crippen LogP contribution in [0.1, 0.15) is 34.1 Å². The van der Waals surface area contributed by atoms with Crippen LogP contribution in [-0.2, 0) is 4.79 Å². The number of hydrogen-bond acceptors (Lipinski definition) is 4. The van der Waals surface area contributed by atoms with Crippen LogP contribution in [0.3, 0.4) is 0 Å². The van der Waals surface area contributed by atoms with E-state index in [2.05, 4.69) is 11.4 Å². The highest BCUT2D eigenvalue weighted by Crippen LogP contribution is 2.32. The van der Waals surface area contributed by atoms with Gasteiger partial charge in [-0.2, -0.15) is 0 Å². The Morgan fingerprint density at radius 1 is 1.18 bits per heavy atom. The summed E-state index contributed by atoms with van der Waals surface area (Å²) >= 11 is 7.74. The molecule has 2 amide bonds. The van der Waals surface area contributed by atoms with E-state index in [9.17, 15) is 9.59 Å². The molecule has 2 heterocycles. The molecule has 144 valence electrons. The van der Waals surface area contributed by atoms with Gasteiger partial charge >= 0.3 is 0 Å². The third-order valence-electron chi connectivity index (χ3n) is 4.95. The number of amides is 2. The van der Waals surface area contributed by atoms with E-state index in [4.69, 9.17) is 16.6 Å². The first kappa shape index (κ1) is 18.9. The van der Waals surface area contributed by atoms with E-state index in [1.807, 2.05) is 23.1 Å². The van der Waals surface area contributed by atoms with Gasteiger partial charge < -0.3 is 10.2 Å². The second kappa shape index (κ2) is 8.29. The van der Waals surface area contributed by atoms with Crippen molar-refractivity contribution in [1.82, 2.24) is 15.2 Å². The zero-order chi connectivity index (χ0) is 19.5. The number of nitrogens with one attached hydrogen (secondary N) is 1. The van der Waals surface area contributed by atoms with Gasteiger partial charge in [-0.1, -0.05) is 35.9 Å². The Bertz CT molecular complexity index is 987. The minimum atomic E-state index is -0.335. The van der Waals surface area contributed by atoms with Crippen LogP contribution in [0.2, 0.25) is 5.02 Å². The minimum absolute atomic E-state index is 0.0311. The normalized spacial score (nSPS) is 16.9. The number of likely N-dealkylation sites (tertiary alicyclic amines) is 1. The van der Waals surface area contributed by atoms with Crippen LogP contribution in [-0.4, -0.2) is 41.3 Å². The first-order chi connectivity index (χ1) is 13.6. The Hall–Kier alpha value is -2.44. The van der Waals surface area contributed by atoms with E-state index < -0.39 is 0 Å². The van der Waals surface area contributed by atoms with E-state index >= 15 is 0 Å². The summed E-state index contributed by atoms with van der Waals surface area (Å²) in [5.41, 5.74) is 1.39. The van der Waals surface area contributed by atoms with Gasteiger partial charge in [0.05, 0.1) is 32.4 Å². The second-order valence-electron chi connectivity index (χ2n) is 6.86. The van der Waals surface area contributed by atoms with Gasteiger partial charge in [0.1, 0.15) is 0 Å². The molecule has 1 atom stereocenters. The maximum Gasteiger partial charge on any atom is 0.253 e. The second-order valence-corrected chi connectivity index (χ2v) is 8.33. The van der Waals surface area contributed by atoms with E-state index in [0.717, 1.165) is 23.4 Å². The molecule has 0 saturated carbocycles. The van der Waals surface area contributed by atoms with Crippen molar-refractivity contribution >= 4 is 45.0 Å². The highest BCUT2D eigenvalue weighted by molar-refractivity contribution is 7.18. The smallest absolute Gasteiger partial charge is 0.253 e. The number of thiazole rings is 1. The number of piperidine rings is 1. The lowest BCUT2D eigenvalue weighted by Crippen LogP contribution is -2.44. The monoisotopic (exact) mass is 413 g/mol. The molecular formula is C21H20ClN3O2S. The van der Waals surface area contributed by atoms with Gasteiger partial charge in [0.2, 0.25) is 5.91 Å². The predicted octanol–water partition coefficient (Wildman–Crippen LogP) is 4.09. The summed E-state index contributed by atoms with van der Waals surface area (Å²) in [6.45, 7) is 1.32. The molecule has 0 aliphatic carbocycles. The fourth-order valence-electron chi connectivity index (χ4n) is 3.48. The summed E-state index contributed by atoms with van der Waals surface area (Å²) in [5.74, 6) is -0.167. The summed E-state index contributed by atoms with van der Waals surface area (Å²) < 4.78 is 1.17. The summed E-state index contributed by atoms with van der Waals surface area (Å²) in [7, 11) is 0. The molecule has 5 nitrogen and oxygen atoms in total. The quantitative estimate of drug-likeness (QED) is 0.700. The molecule has 7 heteroatoms. The summed E-state index contributed by atoms with van der Waals surface area (Å²) in [4.78, 5) is 31.5. The molecule has 1 aliphatic heterocycles. The number of carbonyl (C=O) groups is 2. The van der Waals surface area contributed by atoms with Gasteiger partial charge in [0.25, 0.3) is 5.91 Å². The molecule has 1 N–H and O–H groups in total. The van der Waals surface area contributed by atoms with Crippen molar-refractivity contribution in [3.05, 3.63) is 64.1 Å². The number of halogens is 1. The molecule has 0 radical (unpaired) electrons. The fraction of sp³-hybridized carbons (Fsp3) is 0.286. The molecule has 3 aromatic rings. The molecule has 28 heavy (non-hydrogen) atoms. The van der Waals surface area contributed by atoms with Crippen LogP contribution in [0, 0.1) is 0 Å². The van der Waals surface area contributed by atoms with Gasteiger partial charge in [0, 0.05) is 19.0 Å². The van der Waals surface area contributed by atoms with E-state index in [1.54, 1.807) is 35.6 Å². The number of benzene rings is 2. The van der Waals surface area contributed by atoms with Gasteiger partial charge in [-0.25, -0.2) is 4.98 Å². The van der Waals surface area contributed by atoms with Crippen LogP contribution in [0.25, 0.3) is 10.2 Å². The maximum absolute atomic E-state index is 12.6. The van der Waals surface area contributed by atoms with Crippen LogP contribution >= 0.6 is 22.9 Å². The number of para-hydroxylation sites is 1. The Kier molecular flexibility index (Phi) is 5.59. The van der Waals surface area contributed by atoms with Crippen LogP contribution in [0.4, 0.5) is 0 Å². The Balaban J connectivity index is 1.38. The van der Waals surface area contributed by atoms with Crippen molar-refractivity contribution in [2.45, 2.75) is 18.8 Å². The molecule has 1 aliphatic rings.